The van der Waals surface area contributed by atoms with Gasteiger partial charge in [-0.1, -0.05) is 24.3 Å². The number of hydrogen-bond acceptors (Lipinski definition) is 8. The highest BCUT2D eigenvalue weighted by Crippen LogP contribution is 2.34. The van der Waals surface area contributed by atoms with E-state index in [0.29, 0.717) is 46.2 Å². The van der Waals surface area contributed by atoms with Crippen LogP contribution in [0.4, 0.5) is 25.3 Å². The van der Waals surface area contributed by atoms with E-state index >= 15 is 0 Å². The van der Waals surface area contributed by atoms with Gasteiger partial charge in [0.25, 0.3) is 6.43 Å². The Morgan fingerprint density at radius 3 is 2.55 bits per heavy atom. The second-order valence-electron chi connectivity index (χ2n) is 10.5. The second kappa shape index (κ2) is 9.64. The molecule has 202 valence electrons. The summed E-state index contributed by atoms with van der Waals surface area (Å²) in [7, 11) is -3.47. The topological polar surface area (TPSA) is 105 Å². The fraction of sp³-hybridized carbons (Fsp3) is 0.423. The molecule has 2 aliphatic rings. The molecule has 1 saturated heterocycles. The molecule has 1 amide bonds. The van der Waals surface area contributed by atoms with Crippen LogP contribution in [0.15, 0.2) is 47.4 Å². The number of nitrogens with one attached hydrogen (secondary N) is 1. The highest BCUT2D eigenvalue weighted by atomic mass is 32.2. The van der Waals surface area contributed by atoms with E-state index in [-0.39, 0.29) is 30.4 Å². The van der Waals surface area contributed by atoms with Crippen molar-refractivity contribution in [2.45, 2.75) is 50.3 Å². The van der Waals surface area contributed by atoms with Gasteiger partial charge in [-0.05, 0) is 44.5 Å². The average molecular weight is 546 g/mol. The normalized spacial score (nSPS) is 17.6. The Labute approximate surface area is 219 Å². The molecule has 1 N–H and O–H groups in total. The number of fused-ring (bicyclic) bond motifs is 2. The van der Waals surface area contributed by atoms with Crippen LogP contribution < -0.4 is 15.1 Å². The number of alkyl carbamates (subject to hydrolysis) is 1. The van der Waals surface area contributed by atoms with Crippen molar-refractivity contribution < 1.29 is 26.7 Å². The molecule has 38 heavy (non-hydrogen) atoms. The van der Waals surface area contributed by atoms with Gasteiger partial charge in [-0.15, -0.1) is 0 Å². The van der Waals surface area contributed by atoms with Crippen molar-refractivity contribution in [2.75, 3.05) is 35.2 Å². The summed E-state index contributed by atoms with van der Waals surface area (Å²) in [6.07, 6.45) is -3.18. The van der Waals surface area contributed by atoms with Crippen LogP contribution >= 0.6 is 0 Å². The molecular weight excluding hydrogens is 516 g/mol. The third-order valence-corrected chi connectivity index (χ3v) is 8.21. The van der Waals surface area contributed by atoms with E-state index in [0.717, 1.165) is 0 Å². The highest BCUT2D eigenvalue weighted by molar-refractivity contribution is 7.91. The number of carbonyl (C=O) groups excluding carboxylic acids is 1. The molecule has 9 nitrogen and oxygen atoms in total. The summed E-state index contributed by atoms with van der Waals surface area (Å²) in [6, 6.07) is 10.9. The van der Waals surface area contributed by atoms with Gasteiger partial charge in [0.05, 0.1) is 22.2 Å². The zero-order valence-corrected chi connectivity index (χ0v) is 22.1. The van der Waals surface area contributed by atoms with Gasteiger partial charge in [-0.2, -0.15) is 4.98 Å². The van der Waals surface area contributed by atoms with E-state index in [2.05, 4.69) is 10.3 Å². The first kappa shape index (κ1) is 26.1. The number of benzene rings is 2. The summed E-state index contributed by atoms with van der Waals surface area (Å²) in [5.74, 6) is 0.666. The Hall–Kier alpha value is -3.54. The van der Waals surface area contributed by atoms with Crippen LogP contribution in [0.2, 0.25) is 0 Å². The van der Waals surface area contributed by atoms with Crippen LogP contribution in [0.5, 0.6) is 0 Å². The molecular formula is C26H29F2N5O4S. The van der Waals surface area contributed by atoms with Gasteiger partial charge in [0.1, 0.15) is 11.4 Å². The smallest absolute Gasteiger partial charge is 0.407 e. The SMILES string of the molecule is CC(C)(C)OC(=O)NC1CN(c2nc(N3CCS(=O)(=O)c4ccccc4C3)nc3ccc(C(F)F)cc23)C1. The Balaban J connectivity index is 1.47. The zero-order valence-electron chi connectivity index (χ0n) is 21.3. The first-order valence-electron chi connectivity index (χ1n) is 12.3. The number of hydrogen-bond donors (Lipinski definition) is 1. The molecule has 12 heteroatoms. The van der Waals surface area contributed by atoms with Crippen molar-refractivity contribution in [2.24, 2.45) is 0 Å². The largest absolute Gasteiger partial charge is 0.444 e. The van der Waals surface area contributed by atoms with Crippen LogP contribution in [0, 0.1) is 0 Å². The third-order valence-electron chi connectivity index (χ3n) is 6.42. The van der Waals surface area contributed by atoms with E-state index in [1.807, 2.05) is 4.90 Å². The number of amides is 1. The van der Waals surface area contributed by atoms with Crippen molar-refractivity contribution in [3.05, 3.63) is 53.6 Å². The molecule has 2 aliphatic heterocycles. The second-order valence-corrected chi connectivity index (χ2v) is 12.6. The molecule has 0 atom stereocenters. The molecule has 0 aliphatic carbocycles. The van der Waals surface area contributed by atoms with Crippen molar-refractivity contribution in [3.8, 4) is 0 Å². The lowest BCUT2D eigenvalue weighted by Crippen LogP contribution is -2.60. The summed E-state index contributed by atoms with van der Waals surface area (Å²) in [5, 5.41) is 3.28. The average Bonchev–Trinajstić information content (AvgIpc) is 2.95. The first-order valence-corrected chi connectivity index (χ1v) is 13.9. The van der Waals surface area contributed by atoms with E-state index in [4.69, 9.17) is 9.72 Å². The number of halogens is 2. The lowest BCUT2D eigenvalue weighted by atomic mass is 10.1. The van der Waals surface area contributed by atoms with Gasteiger partial charge in [0, 0.05) is 37.1 Å². The maximum Gasteiger partial charge on any atom is 0.407 e. The van der Waals surface area contributed by atoms with E-state index < -0.39 is 28.0 Å². The molecule has 0 bridgehead atoms. The predicted octanol–water partition coefficient (Wildman–Crippen LogP) is 4.07. The molecule has 0 saturated carbocycles. The molecule has 5 rings (SSSR count). The van der Waals surface area contributed by atoms with Crippen molar-refractivity contribution >= 4 is 38.6 Å². The summed E-state index contributed by atoms with van der Waals surface area (Å²) < 4.78 is 58.0. The Morgan fingerprint density at radius 2 is 1.84 bits per heavy atom. The van der Waals surface area contributed by atoms with Crippen LogP contribution in [-0.2, 0) is 21.1 Å². The first-order chi connectivity index (χ1) is 17.9. The fourth-order valence-corrected chi connectivity index (χ4v) is 6.09. The number of aromatic nitrogens is 2. The van der Waals surface area contributed by atoms with Crippen LogP contribution in [0.25, 0.3) is 10.9 Å². The number of rotatable bonds is 4. The lowest BCUT2D eigenvalue weighted by Gasteiger charge is -2.41. The summed E-state index contributed by atoms with van der Waals surface area (Å²) in [4.78, 5) is 25.5. The minimum absolute atomic E-state index is 0.101. The van der Waals surface area contributed by atoms with Gasteiger partial charge in [0.15, 0.2) is 9.84 Å². The maximum absolute atomic E-state index is 13.5. The van der Waals surface area contributed by atoms with Crippen molar-refractivity contribution in [1.29, 1.82) is 0 Å². The third kappa shape index (κ3) is 5.35. The molecule has 1 fully saturated rings. The lowest BCUT2D eigenvalue weighted by molar-refractivity contribution is 0.0496. The molecule has 0 unspecified atom stereocenters. The van der Waals surface area contributed by atoms with Gasteiger partial charge in [-0.25, -0.2) is 27.0 Å². The minimum Gasteiger partial charge on any atom is -0.444 e. The Bertz CT molecular complexity index is 1490. The maximum atomic E-state index is 13.5. The number of sulfone groups is 1. The minimum atomic E-state index is -3.47. The predicted molar refractivity (Wildman–Crippen MR) is 139 cm³/mol. The standard InChI is InChI=1S/C26H29F2N5O4S/c1-26(2,3)37-25(34)29-18-14-33(15-18)23-19-12-16(22(27)28)8-9-20(19)30-24(31-23)32-10-11-38(35,36)21-7-5-4-6-17(21)13-32/h4-9,12,18,22H,10-11,13-15H2,1-3H3,(H,29,34). The zero-order chi connectivity index (χ0) is 27.2. The molecule has 0 radical (unpaired) electrons. The van der Waals surface area contributed by atoms with Crippen LogP contribution in [0.1, 0.15) is 38.3 Å². The van der Waals surface area contributed by atoms with E-state index in [1.54, 1.807) is 49.9 Å². The highest BCUT2D eigenvalue weighted by Gasteiger charge is 2.33. The van der Waals surface area contributed by atoms with Crippen molar-refractivity contribution in [1.82, 2.24) is 15.3 Å². The summed E-state index contributed by atoms with van der Waals surface area (Å²) in [5.41, 5.74) is 0.344. The Kier molecular flexibility index (Phi) is 6.62. The van der Waals surface area contributed by atoms with Gasteiger partial charge >= 0.3 is 6.09 Å². The molecule has 3 heterocycles. The molecule has 3 aromatic rings. The molecule has 2 aromatic carbocycles. The number of nitrogens with zero attached hydrogens (tertiary/aromatic N) is 4. The number of alkyl halides is 2. The van der Waals surface area contributed by atoms with Crippen LogP contribution in [0.3, 0.4) is 0 Å². The van der Waals surface area contributed by atoms with E-state index in [1.165, 1.54) is 18.2 Å². The fourth-order valence-electron chi connectivity index (χ4n) is 4.59. The van der Waals surface area contributed by atoms with Crippen molar-refractivity contribution in [3.63, 3.8) is 0 Å². The van der Waals surface area contributed by atoms with Gasteiger partial charge < -0.3 is 19.9 Å². The summed E-state index contributed by atoms with van der Waals surface area (Å²) in [6.45, 7) is 6.61. The molecule has 1 aromatic heterocycles. The monoisotopic (exact) mass is 545 g/mol. The molecule has 0 spiro atoms. The van der Waals surface area contributed by atoms with Crippen LogP contribution in [-0.4, -0.2) is 61.5 Å². The number of carbonyl (C=O) groups is 1. The number of ether oxygens (including phenoxy) is 1. The summed E-state index contributed by atoms with van der Waals surface area (Å²) >= 11 is 0. The number of anilines is 2. The van der Waals surface area contributed by atoms with Gasteiger partial charge in [0.2, 0.25) is 5.95 Å². The van der Waals surface area contributed by atoms with Gasteiger partial charge in [-0.3, -0.25) is 0 Å². The van der Waals surface area contributed by atoms with E-state index in [9.17, 15) is 22.0 Å². The quantitative estimate of drug-likeness (QED) is 0.523. The Morgan fingerprint density at radius 1 is 1.11 bits per heavy atom.